The summed E-state index contributed by atoms with van der Waals surface area (Å²) in [6, 6.07) is 1.17. The van der Waals surface area contributed by atoms with Gasteiger partial charge in [0.15, 0.2) is 0 Å². The smallest absolute Gasteiger partial charge is 0.305 e. The van der Waals surface area contributed by atoms with Crippen LogP contribution in [-0.2, 0) is 16.0 Å². The van der Waals surface area contributed by atoms with E-state index in [1.54, 1.807) is 13.0 Å². The molecule has 1 aliphatic rings. The van der Waals surface area contributed by atoms with Crippen LogP contribution in [0.4, 0.5) is 0 Å². The van der Waals surface area contributed by atoms with Gasteiger partial charge in [0.2, 0.25) is 0 Å². The zero-order valence-corrected chi connectivity index (χ0v) is 12.8. The number of hydrogen-bond donors (Lipinski definition) is 3. The van der Waals surface area contributed by atoms with Crippen molar-refractivity contribution in [3.05, 3.63) is 34.4 Å². The van der Waals surface area contributed by atoms with Gasteiger partial charge in [-0.15, -0.1) is 0 Å². The molecule has 0 bridgehead atoms. The number of allylic oxidation sites excluding steroid dienone is 2. The fourth-order valence-corrected chi connectivity index (χ4v) is 2.32. The molecule has 23 heavy (non-hydrogen) atoms. The van der Waals surface area contributed by atoms with Crippen LogP contribution in [-0.4, -0.2) is 35.1 Å². The van der Waals surface area contributed by atoms with Crippen molar-refractivity contribution in [2.75, 3.05) is 7.11 Å². The molecular formula is C16H17NO6. The van der Waals surface area contributed by atoms with Crippen LogP contribution in [0.3, 0.4) is 0 Å². The molecule has 1 aliphatic heterocycles. The minimum Gasteiger partial charge on any atom is -0.507 e. The van der Waals surface area contributed by atoms with Crippen molar-refractivity contribution in [3.63, 3.8) is 0 Å². The normalized spacial score (nSPS) is 13.7. The lowest BCUT2D eigenvalue weighted by molar-refractivity contribution is -0.140. The summed E-state index contributed by atoms with van der Waals surface area (Å²) in [5.74, 6) is -2.32. The van der Waals surface area contributed by atoms with Crippen molar-refractivity contribution >= 4 is 17.8 Å². The predicted molar refractivity (Wildman–Crippen MR) is 80.3 cm³/mol. The molecule has 2 rings (SSSR count). The van der Waals surface area contributed by atoms with Crippen LogP contribution in [0.15, 0.2) is 17.7 Å². The molecular weight excluding hydrogens is 302 g/mol. The molecule has 0 aromatic heterocycles. The van der Waals surface area contributed by atoms with Crippen LogP contribution in [0, 0.1) is 0 Å². The van der Waals surface area contributed by atoms with Crippen molar-refractivity contribution in [2.24, 2.45) is 0 Å². The van der Waals surface area contributed by atoms with Crippen LogP contribution in [0.2, 0.25) is 0 Å². The highest BCUT2D eigenvalue weighted by molar-refractivity contribution is 6.23. The van der Waals surface area contributed by atoms with Gasteiger partial charge in [-0.1, -0.05) is 11.6 Å². The highest BCUT2D eigenvalue weighted by Crippen LogP contribution is 2.36. The average Bonchev–Trinajstić information content (AvgIpc) is 2.78. The van der Waals surface area contributed by atoms with Crippen molar-refractivity contribution in [3.8, 4) is 11.5 Å². The first-order valence-electron chi connectivity index (χ1n) is 7.01. The Kier molecular flexibility index (Phi) is 4.68. The first-order valence-corrected chi connectivity index (χ1v) is 7.01. The van der Waals surface area contributed by atoms with Gasteiger partial charge in [-0.3, -0.25) is 19.7 Å². The summed E-state index contributed by atoms with van der Waals surface area (Å²) >= 11 is 0. The number of methoxy groups -OCH3 is 1. The summed E-state index contributed by atoms with van der Waals surface area (Å²) < 4.78 is 4.55. The summed E-state index contributed by atoms with van der Waals surface area (Å²) in [6.45, 7) is 1.81. The predicted octanol–water partition coefficient (Wildman–Crippen LogP) is 1.42. The summed E-state index contributed by atoms with van der Waals surface area (Å²) in [5.41, 5.74) is 0.866. The van der Waals surface area contributed by atoms with Gasteiger partial charge in [0.1, 0.15) is 11.5 Å². The number of phenolic OH excluding ortho intramolecular Hbond substituents is 2. The molecule has 1 heterocycles. The lowest BCUT2D eigenvalue weighted by atomic mass is 9.99. The fraction of sp³-hybridized carbons (Fsp3) is 0.312. The number of ether oxygens (including phenoxy) is 1. The van der Waals surface area contributed by atoms with E-state index in [4.69, 9.17) is 0 Å². The van der Waals surface area contributed by atoms with Gasteiger partial charge in [-0.2, -0.15) is 0 Å². The number of esters is 1. The van der Waals surface area contributed by atoms with E-state index in [1.807, 2.05) is 0 Å². The molecule has 3 N–H and O–H groups in total. The van der Waals surface area contributed by atoms with E-state index in [2.05, 4.69) is 10.1 Å². The van der Waals surface area contributed by atoms with Crippen LogP contribution >= 0.6 is 0 Å². The third kappa shape index (κ3) is 3.33. The zero-order valence-electron chi connectivity index (χ0n) is 12.8. The van der Waals surface area contributed by atoms with Gasteiger partial charge in [-0.05, 0) is 25.8 Å². The Morgan fingerprint density at radius 1 is 1.26 bits per heavy atom. The maximum Gasteiger partial charge on any atom is 0.305 e. The highest BCUT2D eigenvalue weighted by Gasteiger charge is 2.32. The number of aromatic hydroxyl groups is 2. The SMILES string of the molecule is COC(=O)CCC(C)=CCc1c(O)cc2c(c1O)C(=O)NC2=O. The number of nitrogens with one attached hydrogen (secondary N) is 1. The van der Waals surface area contributed by atoms with E-state index in [-0.39, 0.29) is 41.3 Å². The number of imide groups is 1. The van der Waals surface area contributed by atoms with Crippen LogP contribution in [0.1, 0.15) is 46.0 Å². The summed E-state index contributed by atoms with van der Waals surface area (Å²) in [6.07, 6.45) is 2.62. The quantitative estimate of drug-likeness (QED) is 0.430. The molecule has 0 saturated heterocycles. The van der Waals surface area contributed by atoms with Crippen molar-refractivity contribution < 1.29 is 29.3 Å². The van der Waals surface area contributed by atoms with Gasteiger partial charge in [-0.25, -0.2) is 0 Å². The Hall–Kier alpha value is -2.83. The van der Waals surface area contributed by atoms with E-state index in [9.17, 15) is 24.6 Å². The molecule has 0 radical (unpaired) electrons. The molecule has 0 atom stereocenters. The third-order valence-electron chi connectivity index (χ3n) is 3.69. The second-order valence-electron chi connectivity index (χ2n) is 5.26. The van der Waals surface area contributed by atoms with Gasteiger partial charge in [0.05, 0.1) is 18.2 Å². The van der Waals surface area contributed by atoms with E-state index in [1.165, 1.54) is 13.2 Å². The van der Waals surface area contributed by atoms with Gasteiger partial charge >= 0.3 is 5.97 Å². The molecule has 1 aromatic rings. The first kappa shape index (κ1) is 16.5. The van der Waals surface area contributed by atoms with Crippen molar-refractivity contribution in [2.45, 2.75) is 26.2 Å². The minimum absolute atomic E-state index is 0.0415. The molecule has 2 amide bonds. The molecule has 0 saturated carbocycles. The average molecular weight is 319 g/mol. The Morgan fingerprint density at radius 3 is 2.61 bits per heavy atom. The second-order valence-corrected chi connectivity index (χ2v) is 5.26. The lowest BCUT2D eigenvalue weighted by Crippen LogP contribution is -2.19. The fourth-order valence-electron chi connectivity index (χ4n) is 2.32. The number of rotatable bonds is 5. The number of fused-ring (bicyclic) bond motifs is 1. The first-order chi connectivity index (χ1) is 10.8. The Morgan fingerprint density at radius 2 is 1.96 bits per heavy atom. The van der Waals surface area contributed by atoms with E-state index in [0.717, 1.165) is 5.57 Å². The van der Waals surface area contributed by atoms with Crippen LogP contribution < -0.4 is 5.32 Å². The van der Waals surface area contributed by atoms with Gasteiger partial charge in [0.25, 0.3) is 11.8 Å². The molecule has 0 fully saturated rings. The monoisotopic (exact) mass is 319 g/mol. The molecule has 7 heteroatoms. The Labute approximate surface area is 132 Å². The summed E-state index contributed by atoms with van der Waals surface area (Å²) in [4.78, 5) is 34.3. The largest absolute Gasteiger partial charge is 0.507 e. The van der Waals surface area contributed by atoms with E-state index >= 15 is 0 Å². The Bertz CT molecular complexity index is 720. The van der Waals surface area contributed by atoms with Gasteiger partial charge < -0.3 is 14.9 Å². The Balaban J connectivity index is 2.21. The van der Waals surface area contributed by atoms with E-state index < -0.39 is 17.6 Å². The number of amides is 2. The molecule has 122 valence electrons. The molecule has 0 spiro atoms. The zero-order chi connectivity index (χ0) is 17.1. The number of benzene rings is 1. The molecule has 0 unspecified atom stereocenters. The number of carbonyl (C=O) groups excluding carboxylic acids is 3. The minimum atomic E-state index is -0.685. The van der Waals surface area contributed by atoms with Crippen LogP contribution in [0.5, 0.6) is 11.5 Å². The standard InChI is InChI=1S/C16H17NO6/c1-8(4-6-12(19)23-2)3-5-9-11(18)7-10-13(14(9)20)16(22)17-15(10)21/h3,7,18,20H,4-6H2,1-2H3,(H,17,21,22). The van der Waals surface area contributed by atoms with Crippen molar-refractivity contribution in [1.82, 2.24) is 5.32 Å². The molecule has 7 nitrogen and oxygen atoms in total. The second kappa shape index (κ2) is 6.51. The number of phenols is 2. The lowest BCUT2D eigenvalue weighted by Gasteiger charge is -2.09. The summed E-state index contributed by atoms with van der Waals surface area (Å²) in [7, 11) is 1.31. The maximum atomic E-state index is 11.7. The molecule has 0 aliphatic carbocycles. The van der Waals surface area contributed by atoms with Gasteiger partial charge in [0, 0.05) is 12.0 Å². The van der Waals surface area contributed by atoms with Crippen molar-refractivity contribution in [1.29, 1.82) is 0 Å². The van der Waals surface area contributed by atoms with E-state index in [0.29, 0.717) is 6.42 Å². The van der Waals surface area contributed by atoms with Crippen LogP contribution in [0.25, 0.3) is 0 Å². The molecule has 1 aromatic carbocycles. The number of carbonyl (C=O) groups is 3. The summed E-state index contributed by atoms with van der Waals surface area (Å²) in [5, 5.41) is 22.2. The third-order valence-corrected chi connectivity index (χ3v) is 3.69. The maximum absolute atomic E-state index is 11.7. The topological polar surface area (TPSA) is 113 Å². The highest BCUT2D eigenvalue weighted by atomic mass is 16.5. The number of hydrogen-bond acceptors (Lipinski definition) is 6.